The van der Waals surface area contributed by atoms with Crippen LogP contribution in [0.2, 0.25) is 0 Å². The van der Waals surface area contributed by atoms with Gasteiger partial charge in [0, 0.05) is 37.3 Å². The lowest BCUT2D eigenvalue weighted by Crippen LogP contribution is -2.34. The quantitative estimate of drug-likeness (QED) is 0.789. The minimum absolute atomic E-state index is 0.0336. The topological polar surface area (TPSA) is 35.6 Å². The van der Waals surface area contributed by atoms with E-state index in [1.807, 2.05) is 50.3 Å². The number of nitrogens with one attached hydrogen (secondary N) is 1. The standard InChI is InChI=1S/C19H24BrN3O/c1-22(2)18-10-6-15(7-11-18)12-21-19(24)14-23(3)13-16-4-8-17(20)9-5-16/h4-11H,12-14H2,1-3H3,(H,21,24). The van der Waals surface area contributed by atoms with Crippen molar-refractivity contribution in [3.05, 3.63) is 64.1 Å². The largest absolute Gasteiger partial charge is 0.378 e. The number of rotatable bonds is 7. The number of likely N-dealkylation sites (N-methyl/N-ethyl adjacent to an activating group) is 1. The first-order chi connectivity index (χ1) is 11.4. The van der Waals surface area contributed by atoms with Crippen molar-refractivity contribution >= 4 is 27.5 Å². The van der Waals surface area contributed by atoms with Crippen molar-refractivity contribution < 1.29 is 4.79 Å². The molecule has 5 heteroatoms. The number of amides is 1. The monoisotopic (exact) mass is 389 g/mol. The Morgan fingerprint density at radius 2 is 1.54 bits per heavy atom. The molecule has 0 atom stereocenters. The summed E-state index contributed by atoms with van der Waals surface area (Å²) in [7, 11) is 5.98. The predicted molar refractivity (Wildman–Crippen MR) is 103 cm³/mol. The Morgan fingerprint density at radius 3 is 2.12 bits per heavy atom. The maximum Gasteiger partial charge on any atom is 0.234 e. The van der Waals surface area contributed by atoms with Crippen LogP contribution in [-0.4, -0.2) is 38.5 Å². The van der Waals surface area contributed by atoms with Crippen molar-refractivity contribution in [1.82, 2.24) is 10.2 Å². The molecule has 2 aromatic rings. The predicted octanol–water partition coefficient (Wildman–Crippen LogP) is 3.26. The lowest BCUT2D eigenvalue weighted by molar-refractivity contribution is -0.122. The Hall–Kier alpha value is -1.85. The summed E-state index contributed by atoms with van der Waals surface area (Å²) in [5.74, 6) is 0.0336. The summed E-state index contributed by atoms with van der Waals surface area (Å²) in [6.07, 6.45) is 0. The number of benzene rings is 2. The lowest BCUT2D eigenvalue weighted by Gasteiger charge is -2.17. The number of hydrogen-bond donors (Lipinski definition) is 1. The first-order valence-electron chi connectivity index (χ1n) is 7.90. The van der Waals surface area contributed by atoms with Crippen molar-refractivity contribution in [2.45, 2.75) is 13.1 Å². The van der Waals surface area contributed by atoms with E-state index in [9.17, 15) is 4.79 Å². The van der Waals surface area contributed by atoms with Crippen LogP contribution in [0.5, 0.6) is 0 Å². The van der Waals surface area contributed by atoms with Gasteiger partial charge in [-0.15, -0.1) is 0 Å². The van der Waals surface area contributed by atoms with Gasteiger partial charge in [-0.2, -0.15) is 0 Å². The molecule has 0 bridgehead atoms. The van der Waals surface area contributed by atoms with Gasteiger partial charge in [-0.25, -0.2) is 0 Å². The molecule has 2 aromatic carbocycles. The van der Waals surface area contributed by atoms with Gasteiger partial charge in [0.05, 0.1) is 6.54 Å². The van der Waals surface area contributed by atoms with Crippen LogP contribution >= 0.6 is 15.9 Å². The zero-order valence-electron chi connectivity index (χ0n) is 14.4. The second-order valence-electron chi connectivity index (χ2n) is 6.14. The average Bonchev–Trinajstić information content (AvgIpc) is 2.55. The molecular formula is C19H24BrN3O. The molecule has 0 radical (unpaired) electrons. The molecule has 24 heavy (non-hydrogen) atoms. The van der Waals surface area contributed by atoms with Crippen LogP contribution in [0.3, 0.4) is 0 Å². The van der Waals surface area contributed by atoms with E-state index in [0.29, 0.717) is 13.1 Å². The Bertz CT molecular complexity index is 653. The molecule has 128 valence electrons. The van der Waals surface area contributed by atoms with Gasteiger partial charge < -0.3 is 10.2 Å². The maximum absolute atomic E-state index is 12.1. The molecule has 0 fully saturated rings. The normalized spacial score (nSPS) is 10.7. The summed E-state index contributed by atoms with van der Waals surface area (Å²) in [5, 5.41) is 2.97. The second-order valence-corrected chi connectivity index (χ2v) is 7.05. The first kappa shape index (κ1) is 18.5. The highest BCUT2D eigenvalue weighted by Gasteiger charge is 2.07. The summed E-state index contributed by atoms with van der Waals surface area (Å²) in [6.45, 7) is 1.68. The number of carbonyl (C=O) groups is 1. The molecule has 0 aromatic heterocycles. The maximum atomic E-state index is 12.1. The van der Waals surface area contributed by atoms with E-state index in [1.165, 1.54) is 5.56 Å². The number of anilines is 1. The van der Waals surface area contributed by atoms with Gasteiger partial charge in [0.2, 0.25) is 5.91 Å². The van der Waals surface area contributed by atoms with E-state index < -0.39 is 0 Å². The molecule has 0 aliphatic carbocycles. The Morgan fingerprint density at radius 1 is 0.958 bits per heavy atom. The van der Waals surface area contributed by atoms with E-state index >= 15 is 0 Å². The van der Waals surface area contributed by atoms with Crippen molar-refractivity contribution in [1.29, 1.82) is 0 Å². The second kappa shape index (κ2) is 8.85. The molecule has 0 spiro atoms. The highest BCUT2D eigenvalue weighted by atomic mass is 79.9. The van der Waals surface area contributed by atoms with Crippen LogP contribution in [0.1, 0.15) is 11.1 Å². The highest BCUT2D eigenvalue weighted by molar-refractivity contribution is 9.10. The summed E-state index contributed by atoms with van der Waals surface area (Å²) < 4.78 is 1.06. The smallest absolute Gasteiger partial charge is 0.234 e. The summed E-state index contributed by atoms with van der Waals surface area (Å²) in [6, 6.07) is 16.3. The fraction of sp³-hybridized carbons (Fsp3) is 0.316. The fourth-order valence-electron chi connectivity index (χ4n) is 2.37. The molecule has 0 aliphatic rings. The average molecular weight is 390 g/mol. The number of hydrogen-bond acceptors (Lipinski definition) is 3. The molecule has 2 rings (SSSR count). The first-order valence-corrected chi connectivity index (χ1v) is 8.69. The Labute approximate surface area is 152 Å². The third-order valence-electron chi connectivity index (χ3n) is 3.72. The molecule has 0 saturated heterocycles. The minimum Gasteiger partial charge on any atom is -0.378 e. The molecule has 1 amide bonds. The van der Waals surface area contributed by atoms with Crippen LogP contribution in [0.15, 0.2) is 53.0 Å². The number of halogens is 1. The third-order valence-corrected chi connectivity index (χ3v) is 4.25. The van der Waals surface area contributed by atoms with Crippen molar-refractivity contribution in [3.8, 4) is 0 Å². The van der Waals surface area contributed by atoms with E-state index in [1.54, 1.807) is 0 Å². The van der Waals surface area contributed by atoms with Crippen molar-refractivity contribution in [2.75, 3.05) is 32.6 Å². The number of nitrogens with zero attached hydrogens (tertiary/aromatic N) is 2. The number of carbonyl (C=O) groups excluding carboxylic acids is 1. The van der Waals surface area contributed by atoms with Gasteiger partial charge in [0.1, 0.15) is 0 Å². The van der Waals surface area contributed by atoms with Crippen LogP contribution < -0.4 is 10.2 Å². The van der Waals surface area contributed by atoms with E-state index in [-0.39, 0.29) is 5.91 Å². The van der Waals surface area contributed by atoms with Gasteiger partial charge in [-0.3, -0.25) is 9.69 Å². The molecule has 1 N–H and O–H groups in total. The van der Waals surface area contributed by atoms with Crippen molar-refractivity contribution in [3.63, 3.8) is 0 Å². The zero-order valence-corrected chi connectivity index (χ0v) is 16.0. The SMILES string of the molecule is CN(CC(=O)NCc1ccc(N(C)C)cc1)Cc1ccc(Br)cc1. The minimum atomic E-state index is 0.0336. The van der Waals surface area contributed by atoms with Crippen molar-refractivity contribution in [2.24, 2.45) is 0 Å². The summed E-state index contributed by atoms with van der Waals surface area (Å²) in [4.78, 5) is 16.1. The summed E-state index contributed by atoms with van der Waals surface area (Å²) in [5.41, 5.74) is 3.44. The Balaban J connectivity index is 1.76. The zero-order chi connectivity index (χ0) is 17.5. The van der Waals surface area contributed by atoms with Gasteiger partial charge in [-0.05, 0) is 42.4 Å². The van der Waals surface area contributed by atoms with E-state index in [2.05, 4.69) is 50.4 Å². The molecule has 0 saturated carbocycles. The van der Waals surface area contributed by atoms with Crippen LogP contribution in [0.25, 0.3) is 0 Å². The van der Waals surface area contributed by atoms with Crippen LogP contribution in [0, 0.1) is 0 Å². The third kappa shape index (κ3) is 5.98. The molecule has 0 unspecified atom stereocenters. The van der Waals surface area contributed by atoms with Crippen LogP contribution in [0.4, 0.5) is 5.69 Å². The molecule has 0 aliphatic heterocycles. The van der Waals surface area contributed by atoms with Gasteiger partial charge in [0.25, 0.3) is 0 Å². The Kier molecular flexibility index (Phi) is 6.82. The molecular weight excluding hydrogens is 366 g/mol. The van der Waals surface area contributed by atoms with Crippen LogP contribution in [-0.2, 0) is 17.9 Å². The molecule has 0 heterocycles. The fourth-order valence-corrected chi connectivity index (χ4v) is 2.64. The molecule has 4 nitrogen and oxygen atoms in total. The van der Waals surface area contributed by atoms with E-state index in [4.69, 9.17) is 0 Å². The van der Waals surface area contributed by atoms with Gasteiger partial charge in [0.15, 0.2) is 0 Å². The van der Waals surface area contributed by atoms with E-state index in [0.717, 1.165) is 22.3 Å². The van der Waals surface area contributed by atoms with Gasteiger partial charge >= 0.3 is 0 Å². The highest BCUT2D eigenvalue weighted by Crippen LogP contribution is 2.13. The lowest BCUT2D eigenvalue weighted by atomic mass is 10.2. The van der Waals surface area contributed by atoms with Gasteiger partial charge in [-0.1, -0.05) is 40.2 Å². The summed E-state index contributed by atoms with van der Waals surface area (Å²) >= 11 is 3.43.